The van der Waals surface area contributed by atoms with Gasteiger partial charge in [0.2, 0.25) is 0 Å². The average Bonchev–Trinajstić information content (AvgIpc) is 2.43. The third kappa shape index (κ3) is 5.16. The van der Waals surface area contributed by atoms with Gasteiger partial charge in [0.25, 0.3) is 0 Å². The molecule has 0 saturated carbocycles. The molecule has 18 heavy (non-hydrogen) atoms. The summed E-state index contributed by atoms with van der Waals surface area (Å²) in [5.74, 6) is 2.33. The first-order chi connectivity index (χ1) is 8.77. The number of terminal acetylenes is 1. The quantitative estimate of drug-likeness (QED) is 0.588. The highest BCUT2D eigenvalue weighted by Gasteiger charge is 2.04. The number of rotatable bonds is 7. The van der Waals surface area contributed by atoms with Crippen molar-refractivity contribution in [1.82, 2.24) is 4.98 Å². The minimum atomic E-state index is -0.699. The maximum Gasteiger partial charge on any atom is 0.117 e. The van der Waals surface area contributed by atoms with E-state index in [4.69, 9.17) is 6.42 Å². The van der Waals surface area contributed by atoms with Crippen LogP contribution in [0.3, 0.4) is 0 Å². The molecule has 0 spiro atoms. The maximum atomic E-state index is 9.42. The van der Waals surface area contributed by atoms with Crippen LogP contribution >= 0.6 is 0 Å². The Kier molecular flexibility index (Phi) is 6.83. The fourth-order valence-corrected chi connectivity index (χ4v) is 1.77. The molecule has 1 aromatic heterocycles. The maximum absolute atomic E-state index is 9.42. The van der Waals surface area contributed by atoms with Crippen LogP contribution in [0.4, 0.5) is 0 Å². The lowest BCUT2D eigenvalue weighted by Gasteiger charge is -2.07. The molecule has 0 aliphatic heterocycles. The standard InChI is InChI=1S/C16H21NO/c1-3-5-6-9-14(11-12-15(18)4-2)16-10-7-8-13-17-16/h2,7-8,10-11,13,15,18H,3,5-6,9,12H2,1H3. The summed E-state index contributed by atoms with van der Waals surface area (Å²) < 4.78 is 0. The van der Waals surface area contributed by atoms with Gasteiger partial charge in [0.1, 0.15) is 6.10 Å². The predicted molar refractivity (Wildman–Crippen MR) is 75.8 cm³/mol. The summed E-state index contributed by atoms with van der Waals surface area (Å²) in [6.07, 6.45) is 13.3. The number of pyridine rings is 1. The minimum absolute atomic E-state index is 0.495. The molecule has 2 heteroatoms. The van der Waals surface area contributed by atoms with Crippen molar-refractivity contribution in [3.05, 3.63) is 36.2 Å². The lowest BCUT2D eigenvalue weighted by molar-refractivity contribution is 0.236. The number of aliphatic hydroxyl groups excluding tert-OH is 1. The molecule has 1 rings (SSSR count). The molecule has 0 fully saturated rings. The fraction of sp³-hybridized carbons (Fsp3) is 0.438. The van der Waals surface area contributed by atoms with Gasteiger partial charge in [-0.25, -0.2) is 0 Å². The van der Waals surface area contributed by atoms with E-state index in [9.17, 15) is 5.11 Å². The first kappa shape index (κ1) is 14.5. The van der Waals surface area contributed by atoms with Gasteiger partial charge in [0.15, 0.2) is 0 Å². The molecule has 1 unspecified atom stereocenters. The van der Waals surface area contributed by atoms with Gasteiger partial charge in [0.05, 0.1) is 5.69 Å². The summed E-state index contributed by atoms with van der Waals surface area (Å²) in [6.45, 7) is 2.19. The first-order valence-corrected chi connectivity index (χ1v) is 6.52. The van der Waals surface area contributed by atoms with Gasteiger partial charge in [-0.2, -0.15) is 0 Å². The SMILES string of the molecule is C#CC(O)CC=C(CCCCC)c1ccccn1. The van der Waals surface area contributed by atoms with Crippen LogP contribution in [0.1, 0.15) is 44.7 Å². The van der Waals surface area contributed by atoms with Crippen molar-refractivity contribution >= 4 is 5.57 Å². The molecule has 2 nitrogen and oxygen atoms in total. The van der Waals surface area contributed by atoms with Crippen LogP contribution in [-0.4, -0.2) is 16.2 Å². The van der Waals surface area contributed by atoms with Crippen LogP contribution in [0, 0.1) is 12.3 Å². The lowest BCUT2D eigenvalue weighted by Crippen LogP contribution is -2.00. The highest BCUT2D eigenvalue weighted by molar-refractivity contribution is 5.62. The van der Waals surface area contributed by atoms with Crippen molar-refractivity contribution in [2.24, 2.45) is 0 Å². The molecule has 0 aromatic carbocycles. The summed E-state index contributed by atoms with van der Waals surface area (Å²) in [4.78, 5) is 4.36. The zero-order valence-electron chi connectivity index (χ0n) is 11.0. The topological polar surface area (TPSA) is 33.1 Å². The van der Waals surface area contributed by atoms with Crippen molar-refractivity contribution < 1.29 is 5.11 Å². The largest absolute Gasteiger partial charge is 0.380 e. The molecule has 1 aromatic rings. The Hall–Kier alpha value is -1.59. The summed E-state index contributed by atoms with van der Waals surface area (Å²) in [6, 6.07) is 5.89. The van der Waals surface area contributed by atoms with Crippen LogP contribution in [0.5, 0.6) is 0 Å². The Morgan fingerprint density at radius 1 is 1.50 bits per heavy atom. The van der Waals surface area contributed by atoms with Crippen molar-refractivity contribution in [2.75, 3.05) is 0 Å². The number of allylic oxidation sites excluding steroid dienone is 1. The predicted octanol–water partition coefficient (Wildman–Crippen LogP) is 3.43. The van der Waals surface area contributed by atoms with E-state index in [1.54, 1.807) is 6.20 Å². The third-order valence-electron chi connectivity index (χ3n) is 2.82. The minimum Gasteiger partial charge on any atom is -0.380 e. The van der Waals surface area contributed by atoms with E-state index in [-0.39, 0.29) is 0 Å². The van der Waals surface area contributed by atoms with Crippen molar-refractivity contribution in [3.63, 3.8) is 0 Å². The van der Waals surface area contributed by atoms with Crippen LogP contribution in [0.25, 0.3) is 5.57 Å². The molecule has 1 N–H and O–H groups in total. The Labute approximate surface area is 110 Å². The van der Waals surface area contributed by atoms with E-state index >= 15 is 0 Å². The first-order valence-electron chi connectivity index (χ1n) is 6.52. The van der Waals surface area contributed by atoms with Gasteiger partial charge in [-0.1, -0.05) is 37.8 Å². The highest BCUT2D eigenvalue weighted by atomic mass is 16.3. The van der Waals surface area contributed by atoms with E-state index in [0.29, 0.717) is 6.42 Å². The molecule has 1 heterocycles. The van der Waals surface area contributed by atoms with Gasteiger partial charge in [-0.15, -0.1) is 6.42 Å². The summed E-state index contributed by atoms with van der Waals surface area (Å²) in [5, 5.41) is 9.42. The third-order valence-corrected chi connectivity index (χ3v) is 2.82. The second-order valence-electron chi connectivity index (χ2n) is 4.32. The van der Waals surface area contributed by atoms with Crippen molar-refractivity contribution in [2.45, 2.75) is 45.1 Å². The molecule has 1 atom stereocenters. The Morgan fingerprint density at radius 2 is 2.33 bits per heavy atom. The van der Waals surface area contributed by atoms with Gasteiger partial charge >= 0.3 is 0 Å². The summed E-state index contributed by atoms with van der Waals surface area (Å²) >= 11 is 0. The van der Waals surface area contributed by atoms with Gasteiger partial charge in [-0.05, 0) is 30.5 Å². The molecule has 0 aliphatic carbocycles. The molecular formula is C16H21NO. The monoisotopic (exact) mass is 243 g/mol. The summed E-state index contributed by atoms with van der Waals surface area (Å²) in [7, 11) is 0. The Morgan fingerprint density at radius 3 is 2.94 bits per heavy atom. The number of aliphatic hydroxyl groups is 1. The van der Waals surface area contributed by atoms with Gasteiger partial charge in [-0.3, -0.25) is 4.98 Å². The van der Waals surface area contributed by atoms with Crippen LogP contribution in [0.15, 0.2) is 30.5 Å². The van der Waals surface area contributed by atoms with Crippen LogP contribution in [0.2, 0.25) is 0 Å². The zero-order valence-corrected chi connectivity index (χ0v) is 11.0. The second kappa shape index (κ2) is 8.49. The van der Waals surface area contributed by atoms with Gasteiger partial charge in [0, 0.05) is 12.6 Å². The molecule has 0 bridgehead atoms. The Bertz CT molecular complexity index is 403. The van der Waals surface area contributed by atoms with Crippen molar-refractivity contribution in [1.29, 1.82) is 0 Å². The van der Waals surface area contributed by atoms with Crippen LogP contribution in [-0.2, 0) is 0 Å². The molecular weight excluding hydrogens is 222 g/mol. The molecule has 96 valence electrons. The smallest absolute Gasteiger partial charge is 0.117 e. The molecule has 0 saturated heterocycles. The summed E-state index contributed by atoms with van der Waals surface area (Å²) in [5.41, 5.74) is 2.16. The van der Waals surface area contributed by atoms with Crippen molar-refractivity contribution in [3.8, 4) is 12.3 Å². The fourth-order valence-electron chi connectivity index (χ4n) is 1.77. The number of hydrogen-bond acceptors (Lipinski definition) is 2. The normalized spacial score (nSPS) is 13.1. The van der Waals surface area contributed by atoms with E-state index < -0.39 is 6.10 Å². The second-order valence-corrected chi connectivity index (χ2v) is 4.32. The van der Waals surface area contributed by atoms with E-state index in [2.05, 4.69) is 17.8 Å². The number of nitrogens with zero attached hydrogens (tertiary/aromatic N) is 1. The van der Waals surface area contributed by atoms with Crippen LogP contribution < -0.4 is 0 Å². The van der Waals surface area contributed by atoms with E-state index in [0.717, 1.165) is 18.5 Å². The number of unbranched alkanes of at least 4 members (excludes halogenated alkanes) is 2. The van der Waals surface area contributed by atoms with E-state index in [1.165, 1.54) is 18.4 Å². The van der Waals surface area contributed by atoms with E-state index in [1.807, 2.05) is 24.3 Å². The lowest BCUT2D eigenvalue weighted by atomic mass is 10.0. The molecule has 0 amide bonds. The number of hydrogen-bond donors (Lipinski definition) is 1. The van der Waals surface area contributed by atoms with Gasteiger partial charge < -0.3 is 5.11 Å². The highest BCUT2D eigenvalue weighted by Crippen LogP contribution is 2.20. The average molecular weight is 243 g/mol. The Balaban J connectivity index is 2.72. The molecule has 0 aliphatic rings. The zero-order chi connectivity index (χ0) is 13.2. The number of aromatic nitrogens is 1. The molecule has 0 radical (unpaired) electrons.